The number of hydrogen-bond acceptors (Lipinski definition) is 7. The second-order valence-corrected chi connectivity index (χ2v) is 17.3. The van der Waals surface area contributed by atoms with E-state index in [0.717, 1.165) is 38.5 Å². The van der Waals surface area contributed by atoms with Gasteiger partial charge in [0.25, 0.3) is 0 Å². The highest BCUT2D eigenvalue weighted by atomic mass is 31.2. The molecule has 54 heavy (non-hydrogen) atoms. The summed E-state index contributed by atoms with van der Waals surface area (Å²) in [6, 6.07) is 0. The summed E-state index contributed by atoms with van der Waals surface area (Å²) in [5, 5.41) is 0. The Morgan fingerprint density at radius 1 is 0.704 bits per heavy atom. The van der Waals surface area contributed by atoms with Crippen LogP contribution in [0.25, 0.3) is 0 Å². The van der Waals surface area contributed by atoms with E-state index in [2.05, 4.69) is 50.3 Å². The number of esters is 1. The third kappa shape index (κ3) is 33.6. The number of rotatable bonds is 38. The summed E-state index contributed by atoms with van der Waals surface area (Å²) in [5.74, 6) is -0.393. The Morgan fingerprint density at radius 2 is 1.28 bits per heavy atom. The van der Waals surface area contributed by atoms with Crippen LogP contribution in [0.5, 0.6) is 0 Å². The molecule has 10 heteroatoms. The number of phosphoric acid groups is 1. The summed E-state index contributed by atoms with van der Waals surface area (Å²) < 4.78 is 40.4. The molecule has 1 aliphatic rings. The van der Waals surface area contributed by atoms with Crippen molar-refractivity contribution in [3.05, 3.63) is 48.8 Å². The minimum absolute atomic E-state index is 0.0227. The minimum Gasteiger partial charge on any atom is -0.498 e. The van der Waals surface area contributed by atoms with Crippen LogP contribution in [0.2, 0.25) is 0 Å². The Morgan fingerprint density at radius 3 is 1.93 bits per heavy atom. The van der Waals surface area contributed by atoms with Gasteiger partial charge < -0.3 is 23.6 Å². The molecule has 1 aliphatic heterocycles. The van der Waals surface area contributed by atoms with Gasteiger partial charge in [0.15, 0.2) is 6.10 Å². The van der Waals surface area contributed by atoms with Crippen LogP contribution >= 0.6 is 7.82 Å². The van der Waals surface area contributed by atoms with Crippen LogP contribution in [-0.4, -0.2) is 81.2 Å². The summed E-state index contributed by atoms with van der Waals surface area (Å²) in [7, 11) is 1.59. The molecule has 0 saturated carbocycles. The molecule has 0 spiro atoms. The van der Waals surface area contributed by atoms with Gasteiger partial charge in [-0.15, -0.1) is 0 Å². The Balaban J connectivity index is 2.30. The van der Waals surface area contributed by atoms with Gasteiger partial charge in [-0.2, -0.15) is 0 Å². The highest BCUT2D eigenvalue weighted by molar-refractivity contribution is 7.47. The van der Waals surface area contributed by atoms with Crippen LogP contribution in [-0.2, 0) is 32.6 Å². The van der Waals surface area contributed by atoms with Gasteiger partial charge in [-0.3, -0.25) is 13.8 Å². The normalized spacial score (nSPS) is 18.0. The molecule has 0 amide bonds. The quantitative estimate of drug-likeness (QED) is 0.0126. The molecule has 1 fully saturated rings. The van der Waals surface area contributed by atoms with E-state index in [9.17, 15) is 14.3 Å². The molecule has 0 aromatic carbocycles. The molecule has 4 atom stereocenters. The number of hydrogen-bond donors (Lipinski definition) is 1. The summed E-state index contributed by atoms with van der Waals surface area (Å²) in [6.45, 7) is 4.82. The first-order valence-corrected chi connectivity index (χ1v) is 23.0. The number of likely N-dealkylation sites (N-methyl/N-ethyl adjacent to an activating group) is 1. The average molecular weight is 783 g/mol. The van der Waals surface area contributed by atoms with Gasteiger partial charge in [-0.25, -0.2) is 4.57 Å². The molecule has 314 valence electrons. The highest BCUT2D eigenvalue weighted by Crippen LogP contribution is 2.43. The van der Waals surface area contributed by atoms with Crippen LogP contribution in [0.1, 0.15) is 162 Å². The fourth-order valence-corrected chi connectivity index (χ4v) is 6.64. The lowest BCUT2D eigenvalue weighted by Gasteiger charge is -2.24. The van der Waals surface area contributed by atoms with Crippen molar-refractivity contribution in [2.24, 2.45) is 0 Å². The maximum Gasteiger partial charge on any atom is 0.472 e. The molecule has 4 unspecified atom stereocenters. The van der Waals surface area contributed by atoms with Crippen LogP contribution < -0.4 is 0 Å². The van der Waals surface area contributed by atoms with Crippen molar-refractivity contribution in [1.82, 2.24) is 0 Å². The lowest BCUT2D eigenvalue weighted by molar-refractivity contribution is -0.870. The molecule has 9 nitrogen and oxygen atoms in total. The third-order valence-corrected chi connectivity index (χ3v) is 10.4. The second kappa shape index (κ2) is 33.4. The summed E-state index contributed by atoms with van der Waals surface area (Å²) >= 11 is 0. The molecule has 0 aromatic rings. The van der Waals surface area contributed by atoms with E-state index in [1.807, 2.05) is 27.2 Å². The fourth-order valence-electron chi connectivity index (χ4n) is 5.90. The van der Waals surface area contributed by atoms with Gasteiger partial charge >= 0.3 is 13.8 Å². The van der Waals surface area contributed by atoms with E-state index in [4.69, 9.17) is 23.3 Å². The smallest absolute Gasteiger partial charge is 0.472 e. The molecule has 1 N–H and O–H groups in total. The van der Waals surface area contributed by atoms with Crippen molar-refractivity contribution in [1.29, 1.82) is 0 Å². The molecular weight excluding hydrogens is 701 g/mol. The first-order chi connectivity index (χ1) is 26.1. The zero-order chi connectivity index (χ0) is 39.6. The number of ether oxygens (including phenoxy) is 3. The van der Waals surface area contributed by atoms with Gasteiger partial charge in [-0.1, -0.05) is 140 Å². The van der Waals surface area contributed by atoms with E-state index in [-0.39, 0.29) is 26.2 Å². The molecule has 1 rings (SSSR count). The summed E-state index contributed by atoms with van der Waals surface area (Å²) in [5.41, 5.74) is 0. The first kappa shape index (κ1) is 50.3. The largest absolute Gasteiger partial charge is 0.498 e. The topological polar surface area (TPSA) is 104 Å². The standard InChI is InChI=1S/C44H80NO8P/c1-6-8-10-11-12-13-14-15-16-19-22-25-28-32-37-49-39-41(40-51-54(47,48)50-38-36-45(3,4)5)52-44(46)35-31-27-24-21-18-17-20-23-26-30-34-43-42(53-43)33-29-9-7-2/h17,20-21,24,26,30,32,37,41-43H,6-16,18-19,22-23,25,27-29,31,33-36,38-40H2,1-5H3/p+1/b20-17-,24-21-,30-26-,37-32-. The maximum atomic E-state index is 12.6. The van der Waals surface area contributed by atoms with Crippen molar-refractivity contribution in [2.45, 2.75) is 180 Å². The molecule has 1 saturated heterocycles. The number of nitrogens with zero attached hydrogens (tertiary/aromatic N) is 1. The number of carbonyl (C=O) groups excluding carboxylic acids is 1. The predicted molar refractivity (Wildman–Crippen MR) is 223 cm³/mol. The Hall–Kier alpha value is -1.74. The molecule has 0 aliphatic carbocycles. The molecule has 0 aromatic heterocycles. The number of unbranched alkanes of at least 4 members (excludes halogenated alkanes) is 15. The molecule has 0 radical (unpaired) electrons. The van der Waals surface area contributed by atoms with Crippen molar-refractivity contribution in [3.63, 3.8) is 0 Å². The third-order valence-electron chi connectivity index (χ3n) is 9.38. The first-order valence-electron chi connectivity index (χ1n) is 21.5. The van der Waals surface area contributed by atoms with Crippen LogP contribution in [0.4, 0.5) is 0 Å². The molecular formula is C44H81NO8P+. The summed E-state index contributed by atoms with van der Waals surface area (Å²) in [4.78, 5) is 22.8. The van der Waals surface area contributed by atoms with Crippen molar-refractivity contribution >= 4 is 13.8 Å². The van der Waals surface area contributed by atoms with Crippen molar-refractivity contribution in [3.8, 4) is 0 Å². The Kier molecular flexibility index (Phi) is 31.1. The van der Waals surface area contributed by atoms with E-state index in [0.29, 0.717) is 29.7 Å². The second-order valence-electron chi connectivity index (χ2n) is 15.8. The van der Waals surface area contributed by atoms with Crippen molar-refractivity contribution in [2.75, 3.05) is 47.5 Å². The van der Waals surface area contributed by atoms with E-state index >= 15 is 0 Å². The Labute approximate surface area is 331 Å². The molecule has 1 heterocycles. The van der Waals surface area contributed by atoms with Gasteiger partial charge in [0, 0.05) is 6.42 Å². The van der Waals surface area contributed by atoms with Gasteiger partial charge in [0.1, 0.15) is 19.8 Å². The van der Waals surface area contributed by atoms with Crippen LogP contribution in [0, 0.1) is 0 Å². The van der Waals surface area contributed by atoms with Crippen LogP contribution in [0.15, 0.2) is 48.8 Å². The number of epoxide rings is 1. The lowest BCUT2D eigenvalue weighted by atomic mass is 10.0. The number of phosphoric ester groups is 1. The van der Waals surface area contributed by atoms with E-state index in [1.54, 1.807) is 6.26 Å². The molecule has 0 bridgehead atoms. The summed E-state index contributed by atoms with van der Waals surface area (Å²) in [6.07, 6.45) is 42.8. The average Bonchev–Trinajstić information content (AvgIpc) is 3.87. The van der Waals surface area contributed by atoms with Gasteiger partial charge in [0.2, 0.25) is 0 Å². The predicted octanol–water partition coefficient (Wildman–Crippen LogP) is 11.7. The monoisotopic (exact) mass is 783 g/mol. The lowest BCUT2D eigenvalue weighted by Crippen LogP contribution is -2.37. The highest BCUT2D eigenvalue weighted by Gasteiger charge is 2.36. The zero-order valence-electron chi connectivity index (χ0n) is 35.1. The SMILES string of the molecule is CCCCCCCCCCCCCC/C=C\OCC(COP(=O)(O)OCC[N+](C)(C)C)OC(=O)CCC/C=C\C/C=C\C/C=C\CC1OC1CCCCC. The fraction of sp³-hybridized carbons (Fsp3) is 0.795. The zero-order valence-corrected chi connectivity index (χ0v) is 36.0. The number of carbonyl (C=O) groups is 1. The van der Waals surface area contributed by atoms with E-state index in [1.165, 1.54) is 96.3 Å². The number of quaternary nitrogens is 1. The number of allylic oxidation sites excluding steroid dienone is 6. The van der Waals surface area contributed by atoms with Crippen LogP contribution in [0.3, 0.4) is 0 Å². The Bertz CT molecular complexity index is 1070. The van der Waals surface area contributed by atoms with Crippen molar-refractivity contribution < 1.29 is 42.0 Å². The van der Waals surface area contributed by atoms with Gasteiger partial charge in [0.05, 0.1) is 46.2 Å². The van der Waals surface area contributed by atoms with E-state index < -0.39 is 19.9 Å². The minimum atomic E-state index is -4.31. The van der Waals surface area contributed by atoms with Gasteiger partial charge in [-0.05, 0) is 57.4 Å². The maximum absolute atomic E-state index is 12.6.